The molecular formula is C23H28Cl2N2O2. The van der Waals surface area contributed by atoms with Crippen LogP contribution in [0.5, 0.6) is 0 Å². The van der Waals surface area contributed by atoms with Crippen molar-refractivity contribution in [2.24, 2.45) is 0 Å². The number of hydrogen-bond donors (Lipinski definition) is 1. The van der Waals surface area contributed by atoms with Crippen molar-refractivity contribution in [1.29, 1.82) is 0 Å². The summed E-state index contributed by atoms with van der Waals surface area (Å²) >= 11 is 12.1. The maximum absolute atomic E-state index is 13.2. The van der Waals surface area contributed by atoms with Gasteiger partial charge < -0.3 is 10.2 Å². The zero-order chi connectivity index (χ0) is 21.8. The minimum Gasteiger partial charge on any atom is -0.350 e. The van der Waals surface area contributed by atoms with Gasteiger partial charge in [-0.25, -0.2) is 0 Å². The molecule has 0 unspecified atom stereocenters. The van der Waals surface area contributed by atoms with Crippen LogP contribution in [0.2, 0.25) is 10.0 Å². The number of amides is 2. The van der Waals surface area contributed by atoms with Gasteiger partial charge >= 0.3 is 0 Å². The topological polar surface area (TPSA) is 49.4 Å². The Hall–Kier alpha value is -2.04. The van der Waals surface area contributed by atoms with Gasteiger partial charge in [0.25, 0.3) is 0 Å². The number of rotatable bonds is 6. The number of halogens is 2. The molecule has 0 aromatic heterocycles. The average molecular weight is 435 g/mol. The van der Waals surface area contributed by atoms with Gasteiger partial charge in [0.05, 0.1) is 16.5 Å². The van der Waals surface area contributed by atoms with Crippen molar-refractivity contribution in [3.63, 3.8) is 0 Å². The van der Waals surface area contributed by atoms with Crippen molar-refractivity contribution >= 4 is 35.0 Å². The number of nitrogens with zero attached hydrogens (tertiary/aromatic N) is 1. The third-order valence-electron chi connectivity index (χ3n) is 4.48. The van der Waals surface area contributed by atoms with Crippen molar-refractivity contribution in [1.82, 2.24) is 10.2 Å². The molecule has 29 heavy (non-hydrogen) atoms. The molecule has 1 atom stereocenters. The number of aryl methyl sites for hydroxylation is 1. The summed E-state index contributed by atoms with van der Waals surface area (Å²) in [4.78, 5) is 27.5. The molecular weight excluding hydrogens is 407 g/mol. The number of benzene rings is 2. The van der Waals surface area contributed by atoms with E-state index >= 15 is 0 Å². The van der Waals surface area contributed by atoms with E-state index in [4.69, 9.17) is 23.2 Å². The second-order valence-electron chi connectivity index (χ2n) is 8.35. The third kappa shape index (κ3) is 7.06. The molecule has 1 N–H and O–H groups in total. The molecule has 2 amide bonds. The fourth-order valence-corrected chi connectivity index (χ4v) is 3.19. The van der Waals surface area contributed by atoms with E-state index in [9.17, 15) is 9.59 Å². The predicted octanol–water partition coefficient (Wildman–Crippen LogP) is 5.18. The van der Waals surface area contributed by atoms with E-state index in [-0.39, 0.29) is 23.8 Å². The van der Waals surface area contributed by atoms with Crippen LogP contribution in [-0.4, -0.2) is 28.3 Å². The molecule has 0 bridgehead atoms. The third-order valence-corrected chi connectivity index (χ3v) is 5.22. The summed E-state index contributed by atoms with van der Waals surface area (Å²) in [5.74, 6) is -0.340. The molecule has 0 saturated heterocycles. The first-order chi connectivity index (χ1) is 13.5. The van der Waals surface area contributed by atoms with Crippen molar-refractivity contribution in [3.05, 3.63) is 69.2 Å². The van der Waals surface area contributed by atoms with Crippen LogP contribution < -0.4 is 5.32 Å². The molecule has 0 aliphatic heterocycles. The molecule has 0 aliphatic rings. The van der Waals surface area contributed by atoms with Gasteiger partial charge in [-0.1, -0.05) is 59.1 Å². The van der Waals surface area contributed by atoms with Gasteiger partial charge in [0, 0.05) is 12.1 Å². The lowest BCUT2D eigenvalue weighted by Crippen LogP contribution is -2.52. The van der Waals surface area contributed by atoms with E-state index in [0.717, 1.165) is 16.7 Å². The van der Waals surface area contributed by atoms with E-state index < -0.39 is 6.04 Å². The van der Waals surface area contributed by atoms with E-state index in [1.54, 1.807) is 30.0 Å². The van der Waals surface area contributed by atoms with Crippen LogP contribution in [0.4, 0.5) is 0 Å². The molecule has 156 valence electrons. The Labute approximate surface area is 183 Å². The first-order valence-electron chi connectivity index (χ1n) is 9.57. The largest absolute Gasteiger partial charge is 0.350 e. The summed E-state index contributed by atoms with van der Waals surface area (Å²) in [6.07, 6.45) is 0.135. The van der Waals surface area contributed by atoms with Crippen LogP contribution in [0.1, 0.15) is 44.4 Å². The molecule has 2 rings (SSSR count). The lowest BCUT2D eigenvalue weighted by atomic mass is 10.1. The molecule has 0 radical (unpaired) electrons. The highest BCUT2D eigenvalue weighted by Crippen LogP contribution is 2.23. The Morgan fingerprint density at radius 2 is 1.59 bits per heavy atom. The van der Waals surface area contributed by atoms with Crippen molar-refractivity contribution < 1.29 is 9.59 Å². The first kappa shape index (κ1) is 23.2. The Kier molecular flexibility index (Phi) is 7.73. The van der Waals surface area contributed by atoms with E-state index in [0.29, 0.717) is 16.6 Å². The molecule has 0 fully saturated rings. The van der Waals surface area contributed by atoms with Crippen LogP contribution in [0, 0.1) is 6.92 Å². The van der Waals surface area contributed by atoms with Crippen molar-refractivity contribution in [2.45, 2.75) is 59.2 Å². The quantitative estimate of drug-likeness (QED) is 0.680. The van der Waals surface area contributed by atoms with Crippen LogP contribution in [0.15, 0.2) is 42.5 Å². The maximum atomic E-state index is 13.2. The summed E-state index contributed by atoms with van der Waals surface area (Å²) < 4.78 is 0. The Bertz CT molecular complexity index is 873. The van der Waals surface area contributed by atoms with E-state index in [1.807, 2.05) is 52.0 Å². The fourth-order valence-electron chi connectivity index (χ4n) is 2.87. The Morgan fingerprint density at radius 1 is 1.00 bits per heavy atom. The smallest absolute Gasteiger partial charge is 0.242 e. The maximum Gasteiger partial charge on any atom is 0.242 e. The summed E-state index contributed by atoms with van der Waals surface area (Å²) in [6, 6.07) is 12.5. The molecule has 2 aromatic carbocycles. The van der Waals surface area contributed by atoms with Gasteiger partial charge in [-0.15, -0.1) is 0 Å². The Morgan fingerprint density at radius 3 is 2.14 bits per heavy atom. The first-order valence-corrected chi connectivity index (χ1v) is 10.3. The SMILES string of the molecule is Cc1ccc(CN(C(=O)Cc2ccc(Cl)c(Cl)c2)[C@H](C)C(=O)NC(C)(C)C)cc1. The summed E-state index contributed by atoms with van der Waals surface area (Å²) in [7, 11) is 0. The van der Waals surface area contributed by atoms with Crippen molar-refractivity contribution in [2.75, 3.05) is 0 Å². The zero-order valence-corrected chi connectivity index (χ0v) is 19.1. The highest BCUT2D eigenvalue weighted by Gasteiger charge is 2.28. The average Bonchev–Trinajstić information content (AvgIpc) is 2.62. The van der Waals surface area contributed by atoms with Gasteiger partial charge in [-0.05, 0) is 57.9 Å². The lowest BCUT2D eigenvalue weighted by Gasteiger charge is -2.31. The standard InChI is InChI=1S/C23H28Cl2N2O2/c1-15-6-8-17(9-7-15)14-27(16(2)22(29)26-23(3,4)5)21(28)13-18-10-11-19(24)20(25)12-18/h6-12,16H,13-14H2,1-5H3,(H,26,29)/t16-/m1/s1. The molecule has 4 nitrogen and oxygen atoms in total. The van der Waals surface area contributed by atoms with Gasteiger partial charge in [-0.2, -0.15) is 0 Å². The summed E-state index contributed by atoms with van der Waals surface area (Å²) in [5, 5.41) is 3.80. The second-order valence-corrected chi connectivity index (χ2v) is 9.16. The lowest BCUT2D eigenvalue weighted by molar-refractivity contribution is -0.140. The summed E-state index contributed by atoms with van der Waals surface area (Å²) in [5.41, 5.74) is 2.48. The van der Waals surface area contributed by atoms with Crippen LogP contribution >= 0.6 is 23.2 Å². The fraction of sp³-hybridized carbons (Fsp3) is 0.391. The number of nitrogens with one attached hydrogen (secondary N) is 1. The minimum absolute atomic E-state index is 0.135. The molecule has 6 heteroatoms. The van der Waals surface area contributed by atoms with Crippen LogP contribution in [-0.2, 0) is 22.6 Å². The summed E-state index contributed by atoms with van der Waals surface area (Å²) in [6.45, 7) is 9.86. The van der Waals surface area contributed by atoms with E-state index in [1.165, 1.54) is 0 Å². The molecule has 0 heterocycles. The van der Waals surface area contributed by atoms with Gasteiger partial charge in [0.1, 0.15) is 6.04 Å². The normalized spacial score (nSPS) is 12.4. The highest BCUT2D eigenvalue weighted by molar-refractivity contribution is 6.42. The number of hydrogen-bond acceptors (Lipinski definition) is 2. The molecule has 0 saturated carbocycles. The predicted molar refractivity (Wildman–Crippen MR) is 119 cm³/mol. The molecule has 0 spiro atoms. The van der Waals surface area contributed by atoms with Gasteiger partial charge in [0.2, 0.25) is 11.8 Å². The van der Waals surface area contributed by atoms with Gasteiger partial charge in [0.15, 0.2) is 0 Å². The minimum atomic E-state index is -0.620. The second kappa shape index (κ2) is 9.64. The highest BCUT2D eigenvalue weighted by atomic mass is 35.5. The zero-order valence-electron chi connectivity index (χ0n) is 17.6. The molecule has 0 aliphatic carbocycles. The molecule has 2 aromatic rings. The van der Waals surface area contributed by atoms with E-state index in [2.05, 4.69) is 5.32 Å². The monoisotopic (exact) mass is 434 g/mol. The van der Waals surface area contributed by atoms with Crippen LogP contribution in [0.25, 0.3) is 0 Å². The van der Waals surface area contributed by atoms with Crippen LogP contribution in [0.3, 0.4) is 0 Å². The number of carbonyl (C=O) groups excluding carboxylic acids is 2. The van der Waals surface area contributed by atoms with Gasteiger partial charge in [-0.3, -0.25) is 9.59 Å². The number of carbonyl (C=O) groups is 2. The van der Waals surface area contributed by atoms with Crippen molar-refractivity contribution in [3.8, 4) is 0 Å². The Balaban J connectivity index is 2.26.